The molecule has 5 nitrogen and oxygen atoms in total. The van der Waals surface area contributed by atoms with Crippen LogP contribution in [0.3, 0.4) is 0 Å². The standard InChI is InChI=1S/C16H12F3N3O2/c17-16(18,19)15(23)11-5-12-14(21-24-20-12)13(6-11)22-7-9-3-1-2-4-10(9)8-22/h1-6,15,23H,7-8H2. The lowest BCUT2D eigenvalue weighted by atomic mass is 10.1. The van der Waals surface area contributed by atoms with Crippen molar-refractivity contribution in [2.45, 2.75) is 25.4 Å². The van der Waals surface area contributed by atoms with Crippen molar-refractivity contribution in [1.29, 1.82) is 0 Å². The van der Waals surface area contributed by atoms with Gasteiger partial charge in [0, 0.05) is 13.1 Å². The van der Waals surface area contributed by atoms with Gasteiger partial charge in [0.05, 0.1) is 5.69 Å². The topological polar surface area (TPSA) is 62.4 Å². The number of fused-ring (bicyclic) bond motifs is 2. The molecule has 2 heterocycles. The van der Waals surface area contributed by atoms with E-state index in [0.717, 1.165) is 17.2 Å². The highest BCUT2D eigenvalue weighted by Gasteiger charge is 2.40. The Balaban J connectivity index is 1.79. The second-order valence-electron chi connectivity index (χ2n) is 5.74. The molecule has 1 aliphatic rings. The lowest BCUT2D eigenvalue weighted by molar-refractivity contribution is -0.206. The summed E-state index contributed by atoms with van der Waals surface area (Å²) in [7, 11) is 0. The second kappa shape index (κ2) is 5.20. The predicted molar refractivity (Wildman–Crippen MR) is 79.1 cm³/mol. The van der Waals surface area contributed by atoms with Crippen LogP contribution in [0.15, 0.2) is 41.0 Å². The van der Waals surface area contributed by atoms with Gasteiger partial charge in [-0.15, -0.1) is 0 Å². The van der Waals surface area contributed by atoms with Crippen LogP contribution in [0.25, 0.3) is 11.0 Å². The van der Waals surface area contributed by atoms with E-state index >= 15 is 0 Å². The average molecular weight is 335 g/mol. The summed E-state index contributed by atoms with van der Waals surface area (Å²) >= 11 is 0. The van der Waals surface area contributed by atoms with Crippen molar-refractivity contribution in [2.24, 2.45) is 0 Å². The third-order valence-corrected chi connectivity index (χ3v) is 4.17. The number of nitrogens with zero attached hydrogens (tertiary/aromatic N) is 3. The van der Waals surface area contributed by atoms with Crippen LogP contribution in [0.1, 0.15) is 22.8 Å². The van der Waals surface area contributed by atoms with Gasteiger partial charge < -0.3 is 10.0 Å². The number of rotatable bonds is 2. The van der Waals surface area contributed by atoms with Gasteiger partial charge in [-0.25, -0.2) is 4.63 Å². The van der Waals surface area contributed by atoms with Gasteiger partial charge in [0.15, 0.2) is 11.6 Å². The number of benzene rings is 2. The van der Waals surface area contributed by atoms with Crippen molar-refractivity contribution in [3.8, 4) is 0 Å². The van der Waals surface area contributed by atoms with E-state index in [1.54, 1.807) is 0 Å². The van der Waals surface area contributed by atoms with Crippen molar-refractivity contribution in [1.82, 2.24) is 10.3 Å². The molecule has 0 spiro atoms. The Kier molecular flexibility index (Phi) is 3.24. The minimum absolute atomic E-state index is 0.182. The molecule has 124 valence electrons. The molecule has 1 aromatic heterocycles. The summed E-state index contributed by atoms with van der Waals surface area (Å²) in [5.74, 6) is 0. The number of aliphatic hydroxyl groups is 1. The first-order valence-corrected chi connectivity index (χ1v) is 7.26. The number of anilines is 1. The fourth-order valence-corrected chi connectivity index (χ4v) is 2.99. The summed E-state index contributed by atoms with van der Waals surface area (Å²) in [5.41, 5.74) is 2.94. The molecule has 3 aromatic rings. The molecule has 0 saturated heterocycles. The number of halogens is 3. The zero-order valence-electron chi connectivity index (χ0n) is 12.3. The Morgan fingerprint density at radius 3 is 2.38 bits per heavy atom. The number of hydrogen-bond acceptors (Lipinski definition) is 5. The third kappa shape index (κ3) is 2.39. The second-order valence-corrected chi connectivity index (χ2v) is 5.74. The van der Waals surface area contributed by atoms with E-state index in [1.165, 1.54) is 6.07 Å². The van der Waals surface area contributed by atoms with Crippen LogP contribution >= 0.6 is 0 Å². The van der Waals surface area contributed by atoms with Crippen LogP contribution in [0.2, 0.25) is 0 Å². The highest BCUT2D eigenvalue weighted by molar-refractivity contribution is 5.89. The third-order valence-electron chi connectivity index (χ3n) is 4.17. The van der Waals surface area contributed by atoms with E-state index < -0.39 is 12.3 Å². The van der Waals surface area contributed by atoms with Crippen LogP contribution in [0.4, 0.5) is 18.9 Å². The summed E-state index contributed by atoms with van der Waals surface area (Å²) < 4.78 is 43.3. The van der Waals surface area contributed by atoms with Gasteiger partial charge in [-0.05, 0) is 39.1 Å². The van der Waals surface area contributed by atoms with Crippen LogP contribution in [-0.4, -0.2) is 21.6 Å². The molecule has 1 aliphatic heterocycles. The summed E-state index contributed by atoms with van der Waals surface area (Å²) in [6.45, 7) is 1.09. The smallest absolute Gasteiger partial charge is 0.379 e. The molecule has 1 unspecified atom stereocenters. The molecule has 0 amide bonds. The predicted octanol–water partition coefficient (Wildman–Crippen LogP) is 3.34. The van der Waals surface area contributed by atoms with E-state index in [2.05, 4.69) is 14.9 Å². The van der Waals surface area contributed by atoms with Crippen LogP contribution in [-0.2, 0) is 13.1 Å². The molecule has 4 rings (SSSR count). The van der Waals surface area contributed by atoms with Crippen LogP contribution < -0.4 is 4.90 Å². The molecule has 0 radical (unpaired) electrons. The van der Waals surface area contributed by atoms with Crippen molar-refractivity contribution >= 4 is 16.7 Å². The first-order chi connectivity index (χ1) is 11.4. The molecule has 8 heteroatoms. The van der Waals surface area contributed by atoms with Crippen molar-refractivity contribution in [3.05, 3.63) is 53.1 Å². The number of aliphatic hydroxyl groups excluding tert-OH is 1. The maximum atomic E-state index is 12.9. The lowest BCUT2D eigenvalue weighted by Crippen LogP contribution is -2.21. The molecule has 0 saturated carbocycles. The Hall–Kier alpha value is -2.61. The maximum Gasteiger partial charge on any atom is 0.418 e. The Morgan fingerprint density at radius 2 is 1.75 bits per heavy atom. The van der Waals surface area contributed by atoms with E-state index in [0.29, 0.717) is 24.3 Å². The molecule has 24 heavy (non-hydrogen) atoms. The first-order valence-electron chi connectivity index (χ1n) is 7.26. The molecular formula is C16H12F3N3O2. The maximum absolute atomic E-state index is 12.9. The summed E-state index contributed by atoms with van der Waals surface area (Å²) in [5, 5.41) is 17.0. The zero-order valence-corrected chi connectivity index (χ0v) is 12.3. The van der Waals surface area contributed by atoms with Gasteiger partial charge in [0.1, 0.15) is 5.52 Å². The van der Waals surface area contributed by atoms with Crippen molar-refractivity contribution < 1.29 is 22.9 Å². The highest BCUT2D eigenvalue weighted by Crippen LogP contribution is 2.38. The Morgan fingerprint density at radius 1 is 1.08 bits per heavy atom. The van der Waals surface area contributed by atoms with E-state index in [4.69, 9.17) is 0 Å². The first kappa shape index (κ1) is 14.9. The number of alkyl halides is 3. The minimum Gasteiger partial charge on any atom is -0.379 e. The SMILES string of the molecule is OC(c1cc(N2Cc3ccccc3C2)c2nonc2c1)C(F)(F)F. The van der Waals surface area contributed by atoms with Gasteiger partial charge in [-0.2, -0.15) is 13.2 Å². The number of hydrogen-bond donors (Lipinski definition) is 1. The van der Waals surface area contributed by atoms with Gasteiger partial charge >= 0.3 is 6.18 Å². The summed E-state index contributed by atoms with van der Waals surface area (Å²) in [4.78, 5) is 1.89. The van der Waals surface area contributed by atoms with Crippen molar-refractivity contribution in [2.75, 3.05) is 4.90 Å². The van der Waals surface area contributed by atoms with E-state index in [-0.39, 0.29) is 11.1 Å². The van der Waals surface area contributed by atoms with Crippen LogP contribution in [0.5, 0.6) is 0 Å². The zero-order chi connectivity index (χ0) is 16.9. The molecular weight excluding hydrogens is 323 g/mol. The van der Waals surface area contributed by atoms with Crippen LogP contribution in [0, 0.1) is 0 Å². The van der Waals surface area contributed by atoms with Crippen molar-refractivity contribution in [3.63, 3.8) is 0 Å². The fraction of sp³-hybridized carbons (Fsp3) is 0.250. The molecule has 0 fully saturated rings. The normalized spacial score (nSPS) is 15.8. The largest absolute Gasteiger partial charge is 0.418 e. The molecule has 1 atom stereocenters. The minimum atomic E-state index is -4.75. The quantitative estimate of drug-likeness (QED) is 0.778. The van der Waals surface area contributed by atoms with Gasteiger partial charge in [-0.3, -0.25) is 0 Å². The average Bonchev–Trinajstić information content (AvgIpc) is 3.18. The summed E-state index contributed by atoms with van der Waals surface area (Å²) in [6.07, 6.45) is -7.34. The fourth-order valence-electron chi connectivity index (χ4n) is 2.99. The number of aromatic nitrogens is 2. The molecule has 0 aliphatic carbocycles. The highest BCUT2D eigenvalue weighted by atomic mass is 19.4. The molecule has 0 bridgehead atoms. The Bertz CT molecular complexity index is 882. The molecule has 1 N–H and O–H groups in total. The summed E-state index contributed by atoms with van der Waals surface area (Å²) in [6, 6.07) is 10.2. The van der Waals surface area contributed by atoms with Gasteiger partial charge in [0.25, 0.3) is 0 Å². The van der Waals surface area contributed by atoms with Gasteiger partial charge in [-0.1, -0.05) is 24.3 Å². The monoisotopic (exact) mass is 335 g/mol. The van der Waals surface area contributed by atoms with Gasteiger partial charge in [0.2, 0.25) is 0 Å². The molecule has 2 aromatic carbocycles. The van der Waals surface area contributed by atoms with E-state index in [9.17, 15) is 18.3 Å². The van der Waals surface area contributed by atoms with E-state index in [1.807, 2.05) is 29.2 Å². The lowest BCUT2D eigenvalue weighted by Gasteiger charge is -2.21. The Labute approximate surface area is 134 Å².